The molecule has 1 amide bonds. The molecule has 0 aliphatic carbocycles. The van der Waals surface area contributed by atoms with E-state index in [1.807, 2.05) is 18.4 Å². The third kappa shape index (κ3) is 5.12. The van der Waals surface area contributed by atoms with Crippen molar-refractivity contribution in [1.29, 1.82) is 0 Å². The Morgan fingerprint density at radius 1 is 1.00 bits per heavy atom. The van der Waals surface area contributed by atoms with Crippen LogP contribution in [0.4, 0.5) is 11.4 Å². The van der Waals surface area contributed by atoms with Crippen LogP contribution in [-0.4, -0.2) is 20.6 Å². The van der Waals surface area contributed by atoms with Gasteiger partial charge in [-0.25, -0.2) is 8.42 Å². The molecule has 0 atom stereocenters. The molecule has 0 heterocycles. The first kappa shape index (κ1) is 21.2. The molecule has 150 valence electrons. The number of halogens is 1. The molecule has 8 heteroatoms. The summed E-state index contributed by atoms with van der Waals surface area (Å²) >= 11 is 7.44. The Balaban J connectivity index is 1.77. The fraction of sp³-hybridized carbons (Fsp3) is 0.0952. The van der Waals surface area contributed by atoms with Gasteiger partial charge in [-0.2, -0.15) is 0 Å². The number of benzene rings is 3. The monoisotopic (exact) mass is 446 g/mol. The lowest BCUT2D eigenvalue weighted by atomic mass is 10.2. The van der Waals surface area contributed by atoms with E-state index in [1.54, 1.807) is 49.4 Å². The molecule has 0 aliphatic heterocycles. The average molecular weight is 447 g/mol. The Kier molecular flexibility index (Phi) is 6.52. The number of carbonyl (C=O) groups is 1. The average Bonchev–Trinajstić information content (AvgIpc) is 2.71. The van der Waals surface area contributed by atoms with E-state index < -0.39 is 10.0 Å². The molecule has 3 aromatic rings. The van der Waals surface area contributed by atoms with Gasteiger partial charge >= 0.3 is 0 Å². The van der Waals surface area contributed by atoms with Crippen LogP contribution in [0.1, 0.15) is 15.9 Å². The quantitative estimate of drug-likeness (QED) is 0.495. The van der Waals surface area contributed by atoms with Crippen LogP contribution in [0, 0.1) is 6.92 Å². The minimum Gasteiger partial charge on any atom is -0.322 e. The molecule has 0 saturated carbocycles. The van der Waals surface area contributed by atoms with Crippen molar-refractivity contribution in [2.75, 3.05) is 16.3 Å². The molecular formula is C21H19ClN2O3S2. The smallest absolute Gasteiger partial charge is 0.261 e. The second-order valence-electron chi connectivity index (χ2n) is 6.24. The van der Waals surface area contributed by atoms with E-state index in [-0.39, 0.29) is 10.8 Å². The van der Waals surface area contributed by atoms with E-state index in [2.05, 4.69) is 10.0 Å². The van der Waals surface area contributed by atoms with Crippen molar-refractivity contribution in [2.24, 2.45) is 0 Å². The molecule has 0 spiro atoms. The number of nitrogens with one attached hydrogen (secondary N) is 2. The Hall–Kier alpha value is -2.48. The minimum absolute atomic E-state index is 0.0828. The molecule has 0 aliphatic rings. The predicted molar refractivity (Wildman–Crippen MR) is 120 cm³/mol. The van der Waals surface area contributed by atoms with Crippen LogP contribution in [0.15, 0.2) is 76.5 Å². The van der Waals surface area contributed by atoms with Crippen molar-refractivity contribution in [3.05, 3.63) is 82.9 Å². The first-order valence-corrected chi connectivity index (χ1v) is 11.7. The first-order valence-electron chi connectivity index (χ1n) is 8.63. The van der Waals surface area contributed by atoms with Crippen LogP contribution in [0.2, 0.25) is 5.02 Å². The van der Waals surface area contributed by atoms with Crippen molar-refractivity contribution in [3.8, 4) is 0 Å². The highest BCUT2D eigenvalue weighted by molar-refractivity contribution is 7.98. The molecule has 0 saturated heterocycles. The number of sulfonamides is 1. The second kappa shape index (κ2) is 8.90. The van der Waals surface area contributed by atoms with E-state index in [1.165, 1.54) is 23.9 Å². The van der Waals surface area contributed by atoms with Gasteiger partial charge in [0.1, 0.15) is 0 Å². The number of hydrogen-bond donors (Lipinski definition) is 2. The number of rotatable bonds is 6. The molecule has 0 bridgehead atoms. The number of amides is 1. The van der Waals surface area contributed by atoms with Crippen LogP contribution < -0.4 is 10.0 Å². The SMILES string of the molecule is CSc1ccccc1C(=O)Nc1ccc(S(=O)(=O)Nc2cc(Cl)ccc2C)cc1. The van der Waals surface area contributed by atoms with E-state index >= 15 is 0 Å². The van der Waals surface area contributed by atoms with E-state index in [9.17, 15) is 13.2 Å². The highest BCUT2D eigenvalue weighted by atomic mass is 35.5. The molecule has 2 N–H and O–H groups in total. The zero-order valence-electron chi connectivity index (χ0n) is 15.8. The van der Waals surface area contributed by atoms with Gasteiger partial charge in [-0.1, -0.05) is 29.8 Å². The number of thioether (sulfide) groups is 1. The van der Waals surface area contributed by atoms with Gasteiger partial charge in [0.25, 0.3) is 15.9 Å². The maximum Gasteiger partial charge on any atom is 0.261 e. The van der Waals surface area contributed by atoms with Gasteiger partial charge in [0.2, 0.25) is 0 Å². The standard InChI is InChI=1S/C21H19ClN2O3S2/c1-14-7-8-15(22)13-19(14)24-29(26,27)17-11-9-16(10-12-17)23-21(25)18-5-3-4-6-20(18)28-2/h3-13,24H,1-2H3,(H,23,25). The van der Waals surface area contributed by atoms with Gasteiger partial charge in [0.15, 0.2) is 0 Å². The summed E-state index contributed by atoms with van der Waals surface area (Å²) in [6.07, 6.45) is 1.90. The molecule has 0 aromatic heterocycles. The number of hydrogen-bond acceptors (Lipinski definition) is 4. The Bertz CT molecular complexity index is 1150. The van der Waals surface area contributed by atoms with Crippen LogP contribution >= 0.6 is 23.4 Å². The van der Waals surface area contributed by atoms with Gasteiger partial charge in [-0.3, -0.25) is 9.52 Å². The molecule has 0 fully saturated rings. The Labute approximate surface area is 179 Å². The lowest BCUT2D eigenvalue weighted by Gasteiger charge is -2.12. The van der Waals surface area contributed by atoms with Crippen LogP contribution in [0.25, 0.3) is 0 Å². The lowest BCUT2D eigenvalue weighted by molar-refractivity contribution is 0.102. The summed E-state index contributed by atoms with van der Waals surface area (Å²) < 4.78 is 27.9. The molecule has 3 rings (SSSR count). The molecular weight excluding hydrogens is 428 g/mol. The summed E-state index contributed by atoms with van der Waals surface area (Å²) in [6.45, 7) is 1.79. The van der Waals surface area contributed by atoms with Gasteiger partial charge < -0.3 is 5.32 Å². The third-order valence-corrected chi connectivity index (χ3v) is 6.63. The topological polar surface area (TPSA) is 75.3 Å². The van der Waals surface area contributed by atoms with E-state index in [4.69, 9.17) is 11.6 Å². The maximum absolute atomic E-state index is 12.7. The van der Waals surface area contributed by atoms with Crippen LogP contribution in [0.5, 0.6) is 0 Å². The Morgan fingerprint density at radius 3 is 2.38 bits per heavy atom. The normalized spacial score (nSPS) is 11.1. The molecule has 3 aromatic carbocycles. The van der Waals surface area contributed by atoms with Gasteiger partial charge in [-0.05, 0) is 67.3 Å². The van der Waals surface area contributed by atoms with Gasteiger partial charge in [0, 0.05) is 15.6 Å². The zero-order valence-corrected chi connectivity index (χ0v) is 18.2. The minimum atomic E-state index is -3.79. The summed E-state index contributed by atoms with van der Waals surface area (Å²) in [5, 5.41) is 3.23. The number of aryl methyl sites for hydroxylation is 1. The van der Waals surface area contributed by atoms with Crippen molar-refractivity contribution < 1.29 is 13.2 Å². The maximum atomic E-state index is 12.7. The fourth-order valence-electron chi connectivity index (χ4n) is 2.66. The van der Waals surface area contributed by atoms with E-state index in [0.717, 1.165) is 10.5 Å². The summed E-state index contributed by atoms with van der Waals surface area (Å²) in [5.74, 6) is -0.252. The third-order valence-electron chi connectivity index (χ3n) is 4.22. The molecule has 0 unspecified atom stereocenters. The zero-order chi connectivity index (χ0) is 21.0. The van der Waals surface area contributed by atoms with Gasteiger partial charge in [-0.15, -0.1) is 11.8 Å². The van der Waals surface area contributed by atoms with Crippen molar-refractivity contribution in [3.63, 3.8) is 0 Å². The molecule has 5 nitrogen and oxygen atoms in total. The van der Waals surface area contributed by atoms with Crippen LogP contribution in [0.3, 0.4) is 0 Å². The van der Waals surface area contributed by atoms with Crippen molar-refractivity contribution in [2.45, 2.75) is 16.7 Å². The first-order chi connectivity index (χ1) is 13.8. The lowest BCUT2D eigenvalue weighted by Crippen LogP contribution is -2.15. The highest BCUT2D eigenvalue weighted by Gasteiger charge is 2.16. The largest absolute Gasteiger partial charge is 0.322 e. The summed E-state index contributed by atoms with van der Waals surface area (Å²) in [4.78, 5) is 13.5. The molecule has 0 radical (unpaired) electrons. The Morgan fingerprint density at radius 2 is 1.69 bits per heavy atom. The highest BCUT2D eigenvalue weighted by Crippen LogP contribution is 2.25. The predicted octanol–water partition coefficient (Wildman–Crippen LogP) is 5.42. The summed E-state index contributed by atoms with van der Waals surface area (Å²) in [5.41, 5.74) is 2.25. The fourth-order valence-corrected chi connectivity index (χ4v) is 4.55. The van der Waals surface area contributed by atoms with E-state index in [0.29, 0.717) is 22.0 Å². The molecule has 29 heavy (non-hydrogen) atoms. The van der Waals surface area contributed by atoms with Gasteiger partial charge in [0.05, 0.1) is 16.1 Å². The number of anilines is 2. The van der Waals surface area contributed by atoms with Crippen molar-refractivity contribution in [1.82, 2.24) is 0 Å². The van der Waals surface area contributed by atoms with Crippen LogP contribution in [-0.2, 0) is 10.0 Å². The van der Waals surface area contributed by atoms with Crippen molar-refractivity contribution >= 4 is 50.7 Å². The second-order valence-corrected chi connectivity index (χ2v) is 9.21. The number of carbonyl (C=O) groups excluding carboxylic acids is 1. The summed E-state index contributed by atoms with van der Waals surface area (Å²) in [7, 11) is -3.79. The summed E-state index contributed by atoms with van der Waals surface area (Å²) in [6, 6.07) is 18.3.